The molecule has 1 aromatic heterocycles. The predicted molar refractivity (Wildman–Crippen MR) is 87.2 cm³/mol. The van der Waals surface area contributed by atoms with Gasteiger partial charge in [0.25, 0.3) is 5.69 Å². The molecule has 0 saturated carbocycles. The molecule has 0 bridgehead atoms. The van der Waals surface area contributed by atoms with Gasteiger partial charge in [-0.1, -0.05) is 13.3 Å². The first-order chi connectivity index (χ1) is 10.2. The SMILES string of the molecule is CCCCc1ccc(C=NNc2ccc([N+](=O)[O-])cc2)s1. The highest BCUT2D eigenvalue weighted by Crippen LogP contribution is 2.18. The Morgan fingerprint density at radius 3 is 2.71 bits per heavy atom. The highest BCUT2D eigenvalue weighted by atomic mass is 32.1. The van der Waals surface area contributed by atoms with Crippen LogP contribution in [0.2, 0.25) is 0 Å². The Balaban J connectivity index is 1.89. The Morgan fingerprint density at radius 2 is 2.05 bits per heavy atom. The summed E-state index contributed by atoms with van der Waals surface area (Å²) >= 11 is 1.74. The van der Waals surface area contributed by atoms with Crippen molar-refractivity contribution >= 4 is 28.9 Å². The maximum absolute atomic E-state index is 10.5. The molecule has 0 amide bonds. The molecule has 2 aromatic rings. The van der Waals surface area contributed by atoms with Crippen molar-refractivity contribution in [1.29, 1.82) is 0 Å². The van der Waals surface area contributed by atoms with E-state index in [1.807, 2.05) is 0 Å². The summed E-state index contributed by atoms with van der Waals surface area (Å²) < 4.78 is 0. The van der Waals surface area contributed by atoms with Crippen molar-refractivity contribution in [1.82, 2.24) is 0 Å². The highest BCUT2D eigenvalue weighted by Gasteiger charge is 2.03. The number of nitrogens with one attached hydrogen (secondary N) is 1. The standard InChI is InChI=1S/C15H17N3O2S/c1-2-3-4-14-9-10-15(21-14)11-16-17-12-5-7-13(8-6-12)18(19)20/h5-11,17H,2-4H2,1H3. The molecule has 0 fully saturated rings. The maximum atomic E-state index is 10.5. The van der Waals surface area contributed by atoms with Crippen LogP contribution in [0.3, 0.4) is 0 Å². The minimum Gasteiger partial charge on any atom is -0.278 e. The lowest BCUT2D eigenvalue weighted by Crippen LogP contribution is -1.91. The summed E-state index contributed by atoms with van der Waals surface area (Å²) in [5.74, 6) is 0. The van der Waals surface area contributed by atoms with Crippen LogP contribution >= 0.6 is 11.3 Å². The Morgan fingerprint density at radius 1 is 1.29 bits per heavy atom. The van der Waals surface area contributed by atoms with Gasteiger partial charge in [0.2, 0.25) is 0 Å². The van der Waals surface area contributed by atoms with Gasteiger partial charge in [-0.2, -0.15) is 5.10 Å². The van der Waals surface area contributed by atoms with Gasteiger partial charge in [0.05, 0.1) is 16.8 Å². The fourth-order valence-electron chi connectivity index (χ4n) is 1.78. The largest absolute Gasteiger partial charge is 0.278 e. The second-order valence-electron chi connectivity index (χ2n) is 4.58. The smallest absolute Gasteiger partial charge is 0.269 e. The quantitative estimate of drug-likeness (QED) is 0.467. The highest BCUT2D eigenvalue weighted by molar-refractivity contribution is 7.13. The van der Waals surface area contributed by atoms with E-state index < -0.39 is 4.92 Å². The maximum Gasteiger partial charge on any atom is 0.269 e. The van der Waals surface area contributed by atoms with Gasteiger partial charge in [-0.3, -0.25) is 15.5 Å². The zero-order chi connectivity index (χ0) is 15.1. The molecule has 0 aliphatic carbocycles. The molecular weight excluding hydrogens is 286 g/mol. The third-order valence-corrected chi connectivity index (χ3v) is 4.00. The van der Waals surface area contributed by atoms with Gasteiger partial charge >= 0.3 is 0 Å². The van der Waals surface area contributed by atoms with E-state index in [1.54, 1.807) is 29.7 Å². The van der Waals surface area contributed by atoms with Crippen molar-refractivity contribution in [3.05, 3.63) is 56.3 Å². The van der Waals surface area contributed by atoms with Crippen LogP contribution < -0.4 is 5.43 Å². The number of hydrazone groups is 1. The summed E-state index contributed by atoms with van der Waals surface area (Å²) in [6, 6.07) is 10.4. The fraction of sp³-hybridized carbons (Fsp3) is 0.267. The van der Waals surface area contributed by atoms with Crippen molar-refractivity contribution in [2.45, 2.75) is 26.2 Å². The van der Waals surface area contributed by atoms with Crippen LogP contribution in [-0.4, -0.2) is 11.1 Å². The molecule has 0 unspecified atom stereocenters. The van der Waals surface area contributed by atoms with Crippen molar-refractivity contribution in [2.24, 2.45) is 5.10 Å². The molecule has 0 aliphatic heterocycles. The molecule has 0 aliphatic rings. The molecule has 2 rings (SSSR count). The van der Waals surface area contributed by atoms with Gasteiger partial charge in [-0.15, -0.1) is 11.3 Å². The monoisotopic (exact) mass is 303 g/mol. The first-order valence-electron chi connectivity index (χ1n) is 6.81. The van der Waals surface area contributed by atoms with E-state index in [9.17, 15) is 10.1 Å². The minimum atomic E-state index is -0.420. The molecular formula is C15H17N3O2S. The van der Waals surface area contributed by atoms with Crippen LogP contribution in [0, 0.1) is 10.1 Å². The van der Waals surface area contributed by atoms with Gasteiger partial charge in [0.15, 0.2) is 0 Å². The summed E-state index contributed by atoms with van der Waals surface area (Å²) in [5.41, 5.74) is 3.66. The van der Waals surface area contributed by atoms with Gasteiger partial charge in [0, 0.05) is 21.9 Å². The van der Waals surface area contributed by atoms with Gasteiger partial charge in [-0.25, -0.2) is 0 Å². The third kappa shape index (κ3) is 4.68. The summed E-state index contributed by atoms with van der Waals surface area (Å²) in [5, 5.41) is 14.7. The summed E-state index contributed by atoms with van der Waals surface area (Å²) in [7, 11) is 0. The number of nitrogens with zero attached hydrogens (tertiary/aromatic N) is 2. The van der Waals surface area contributed by atoms with Crippen LogP contribution in [0.1, 0.15) is 29.5 Å². The van der Waals surface area contributed by atoms with E-state index in [1.165, 1.54) is 29.9 Å². The summed E-state index contributed by atoms with van der Waals surface area (Å²) in [6.07, 6.45) is 5.29. The number of hydrogen-bond donors (Lipinski definition) is 1. The number of nitro benzene ring substituents is 1. The Kier molecular flexibility index (Phi) is 5.45. The molecule has 110 valence electrons. The molecule has 0 radical (unpaired) electrons. The van der Waals surface area contributed by atoms with Gasteiger partial charge < -0.3 is 0 Å². The summed E-state index contributed by atoms with van der Waals surface area (Å²) in [6.45, 7) is 2.18. The molecule has 6 heteroatoms. The molecule has 21 heavy (non-hydrogen) atoms. The zero-order valence-electron chi connectivity index (χ0n) is 11.8. The lowest BCUT2D eigenvalue weighted by atomic mass is 10.2. The average molecular weight is 303 g/mol. The van der Waals surface area contributed by atoms with E-state index in [0.29, 0.717) is 0 Å². The molecule has 0 spiro atoms. The molecule has 1 heterocycles. The number of rotatable bonds is 7. The van der Waals surface area contributed by atoms with Crippen LogP contribution in [-0.2, 0) is 6.42 Å². The number of hydrogen-bond acceptors (Lipinski definition) is 5. The predicted octanol–water partition coefficient (Wildman–Crippen LogP) is 4.44. The van der Waals surface area contributed by atoms with E-state index in [2.05, 4.69) is 29.6 Å². The molecule has 0 atom stereocenters. The van der Waals surface area contributed by atoms with Crippen molar-refractivity contribution in [2.75, 3.05) is 5.43 Å². The van der Waals surface area contributed by atoms with Gasteiger partial charge in [0.1, 0.15) is 0 Å². The third-order valence-electron chi connectivity index (χ3n) is 2.92. The average Bonchev–Trinajstić information content (AvgIpc) is 2.93. The second-order valence-corrected chi connectivity index (χ2v) is 5.78. The van der Waals surface area contributed by atoms with E-state index in [-0.39, 0.29) is 5.69 Å². The molecule has 1 aromatic carbocycles. The van der Waals surface area contributed by atoms with Crippen molar-refractivity contribution in [3.8, 4) is 0 Å². The Bertz CT molecular complexity index is 620. The number of nitro groups is 1. The number of thiophene rings is 1. The molecule has 5 nitrogen and oxygen atoms in total. The van der Waals surface area contributed by atoms with E-state index in [0.717, 1.165) is 17.0 Å². The van der Waals surface area contributed by atoms with Crippen LogP contribution in [0.5, 0.6) is 0 Å². The lowest BCUT2D eigenvalue weighted by molar-refractivity contribution is -0.384. The number of non-ortho nitro benzene ring substituents is 1. The van der Waals surface area contributed by atoms with Crippen molar-refractivity contribution in [3.63, 3.8) is 0 Å². The first kappa shape index (κ1) is 15.2. The first-order valence-corrected chi connectivity index (χ1v) is 7.63. The summed E-state index contributed by atoms with van der Waals surface area (Å²) in [4.78, 5) is 12.6. The fourth-order valence-corrected chi connectivity index (χ4v) is 2.70. The van der Waals surface area contributed by atoms with E-state index >= 15 is 0 Å². The number of unbranched alkanes of at least 4 members (excludes halogenated alkanes) is 1. The lowest BCUT2D eigenvalue weighted by Gasteiger charge is -1.98. The number of anilines is 1. The number of benzene rings is 1. The van der Waals surface area contributed by atoms with Crippen molar-refractivity contribution < 1.29 is 4.92 Å². The van der Waals surface area contributed by atoms with E-state index in [4.69, 9.17) is 0 Å². The number of aryl methyl sites for hydroxylation is 1. The second kappa shape index (κ2) is 7.54. The Hall–Kier alpha value is -2.21. The minimum absolute atomic E-state index is 0.0725. The van der Waals surface area contributed by atoms with Crippen LogP contribution in [0.25, 0.3) is 0 Å². The molecule has 1 N–H and O–H groups in total. The van der Waals surface area contributed by atoms with Gasteiger partial charge in [-0.05, 0) is 37.1 Å². The van der Waals surface area contributed by atoms with Crippen LogP contribution in [0.4, 0.5) is 11.4 Å². The Labute approximate surface area is 127 Å². The topological polar surface area (TPSA) is 67.5 Å². The zero-order valence-corrected chi connectivity index (χ0v) is 12.6. The molecule has 0 saturated heterocycles. The normalized spacial score (nSPS) is 10.9. The van der Waals surface area contributed by atoms with Crippen LogP contribution in [0.15, 0.2) is 41.5 Å².